The molecule has 9 rings (SSSR count). The summed E-state index contributed by atoms with van der Waals surface area (Å²) in [4.78, 5) is 0. The summed E-state index contributed by atoms with van der Waals surface area (Å²) in [5, 5.41) is 13.2. The van der Waals surface area contributed by atoms with Crippen LogP contribution in [0.1, 0.15) is 75.6 Å². The molecule has 1 nitrogen and oxygen atoms in total. The summed E-state index contributed by atoms with van der Waals surface area (Å²) >= 11 is 0. The van der Waals surface area contributed by atoms with E-state index in [0.29, 0.717) is 0 Å². The van der Waals surface area contributed by atoms with Crippen molar-refractivity contribution >= 4 is 69.2 Å². The van der Waals surface area contributed by atoms with Gasteiger partial charge in [0.1, 0.15) is 11.5 Å². The first-order valence-electron chi connectivity index (χ1n) is 21.1. The van der Waals surface area contributed by atoms with E-state index in [2.05, 4.69) is 198 Å². The minimum Gasteiger partial charge on any atom is -0.455 e. The van der Waals surface area contributed by atoms with Gasteiger partial charge in [-0.25, -0.2) is 0 Å². The minimum atomic E-state index is -0.992. The molecule has 2 unspecified atom stereocenters. The van der Waals surface area contributed by atoms with Crippen molar-refractivity contribution in [1.82, 2.24) is 0 Å². The molecule has 8 aromatic carbocycles. The van der Waals surface area contributed by atoms with Crippen LogP contribution >= 0.6 is 15.8 Å². The summed E-state index contributed by atoms with van der Waals surface area (Å²) in [5.74, 6) is 2.09. The zero-order valence-corrected chi connectivity index (χ0v) is 36.0. The van der Waals surface area contributed by atoms with Gasteiger partial charge >= 0.3 is 0 Å². The number of aryl methyl sites for hydroxylation is 2. The smallest absolute Gasteiger partial charge is 0.139 e. The Balaban J connectivity index is 1.34. The molecular formula is C55H52OP2. The fourth-order valence-electron chi connectivity index (χ4n) is 8.89. The SMILES string of the molecule is CCCCc1cc(P(c2ccccc2)c2cccc3ccccc23)c2c(c1)C(C)(C)c1cc(CCCC)cc(P(c3ccccc3)c3cccc4ccccc34)c1O2. The third kappa shape index (κ3) is 7.19. The van der Waals surface area contributed by atoms with E-state index >= 15 is 0 Å². The molecule has 2 atom stereocenters. The molecule has 0 fully saturated rings. The first-order valence-corrected chi connectivity index (χ1v) is 23.8. The summed E-state index contributed by atoms with van der Waals surface area (Å²) < 4.78 is 7.80. The van der Waals surface area contributed by atoms with E-state index < -0.39 is 15.8 Å². The van der Waals surface area contributed by atoms with E-state index in [1.165, 1.54) is 75.6 Å². The number of hydrogen-bond acceptors (Lipinski definition) is 1. The number of hydrogen-bond donors (Lipinski definition) is 0. The number of ether oxygens (including phenoxy) is 1. The topological polar surface area (TPSA) is 9.23 Å². The Morgan fingerprint density at radius 2 is 0.828 bits per heavy atom. The van der Waals surface area contributed by atoms with E-state index in [1.54, 1.807) is 0 Å². The third-order valence-electron chi connectivity index (χ3n) is 12.0. The molecule has 0 aliphatic carbocycles. The molecule has 58 heavy (non-hydrogen) atoms. The Bertz CT molecular complexity index is 2520. The Morgan fingerprint density at radius 3 is 1.26 bits per heavy atom. The minimum absolute atomic E-state index is 0.302. The van der Waals surface area contributed by atoms with E-state index in [9.17, 15) is 0 Å². The lowest BCUT2D eigenvalue weighted by Gasteiger charge is -2.39. The highest BCUT2D eigenvalue weighted by Crippen LogP contribution is 2.53. The van der Waals surface area contributed by atoms with Crippen LogP contribution in [0.3, 0.4) is 0 Å². The van der Waals surface area contributed by atoms with Crippen LogP contribution in [0.15, 0.2) is 170 Å². The second-order valence-corrected chi connectivity index (χ2v) is 20.6. The van der Waals surface area contributed by atoms with Gasteiger partial charge in [0.2, 0.25) is 0 Å². The molecule has 0 radical (unpaired) electrons. The first kappa shape index (κ1) is 38.5. The summed E-state index contributed by atoms with van der Waals surface area (Å²) in [6.07, 6.45) is 6.74. The monoisotopic (exact) mass is 790 g/mol. The van der Waals surface area contributed by atoms with Gasteiger partial charge in [-0.3, -0.25) is 0 Å². The number of unbranched alkanes of at least 4 members (excludes halogenated alkanes) is 2. The van der Waals surface area contributed by atoms with Crippen molar-refractivity contribution in [3.8, 4) is 11.5 Å². The van der Waals surface area contributed by atoms with E-state index in [-0.39, 0.29) is 5.41 Å². The average molecular weight is 791 g/mol. The second-order valence-electron chi connectivity index (χ2n) is 16.3. The van der Waals surface area contributed by atoms with E-state index in [4.69, 9.17) is 4.74 Å². The maximum absolute atomic E-state index is 7.80. The van der Waals surface area contributed by atoms with Crippen LogP contribution in [-0.4, -0.2) is 0 Å². The first-order chi connectivity index (χ1) is 28.5. The van der Waals surface area contributed by atoms with Crippen LogP contribution in [0.5, 0.6) is 11.5 Å². The zero-order valence-electron chi connectivity index (χ0n) is 34.2. The Labute approximate surface area is 347 Å². The van der Waals surface area contributed by atoms with Gasteiger partial charge in [-0.1, -0.05) is 198 Å². The lowest BCUT2D eigenvalue weighted by molar-refractivity contribution is 0.424. The highest BCUT2D eigenvalue weighted by molar-refractivity contribution is 7.81. The Morgan fingerprint density at radius 1 is 0.431 bits per heavy atom. The van der Waals surface area contributed by atoms with Gasteiger partial charge in [-0.2, -0.15) is 0 Å². The molecule has 1 aliphatic rings. The normalized spacial score (nSPS) is 14.1. The molecule has 1 aliphatic heterocycles. The van der Waals surface area contributed by atoms with E-state index in [1.807, 2.05) is 0 Å². The van der Waals surface area contributed by atoms with Crippen molar-refractivity contribution in [2.45, 2.75) is 71.6 Å². The van der Waals surface area contributed by atoms with Crippen molar-refractivity contribution in [3.05, 3.63) is 192 Å². The highest BCUT2D eigenvalue weighted by Gasteiger charge is 2.40. The van der Waals surface area contributed by atoms with Gasteiger partial charge in [0.25, 0.3) is 0 Å². The fraction of sp³-hybridized carbons (Fsp3) is 0.200. The molecule has 288 valence electrons. The second kappa shape index (κ2) is 16.7. The van der Waals surface area contributed by atoms with Gasteiger partial charge in [0.05, 0.1) is 0 Å². The standard InChI is InChI=1S/C55H52OP2/c1-5-7-21-39-35-47-53(51(37-39)57(43-27-11-9-12-28-43)49-33-19-25-41-23-15-17-31-45(41)49)56-54-48(55(47,3)4)36-40(22-8-6-2)38-52(54)58(44-29-13-10-14-30-44)50-34-20-26-42-24-16-18-32-46(42)50/h9-20,23-38H,5-8,21-22H2,1-4H3. The Hall–Kier alpha value is -5.06. The van der Waals surface area contributed by atoms with Crippen molar-refractivity contribution in [3.63, 3.8) is 0 Å². The van der Waals surface area contributed by atoms with Crippen molar-refractivity contribution in [2.24, 2.45) is 0 Å². The summed E-state index contributed by atoms with van der Waals surface area (Å²) in [6, 6.07) is 64.0. The maximum atomic E-state index is 7.80. The molecule has 3 heteroatoms. The quantitative estimate of drug-likeness (QED) is 0.112. The summed E-state index contributed by atoms with van der Waals surface area (Å²) in [6.45, 7) is 9.52. The van der Waals surface area contributed by atoms with Crippen molar-refractivity contribution in [2.75, 3.05) is 0 Å². The van der Waals surface area contributed by atoms with Crippen LogP contribution in [-0.2, 0) is 18.3 Å². The van der Waals surface area contributed by atoms with Gasteiger partial charge < -0.3 is 4.74 Å². The summed E-state index contributed by atoms with van der Waals surface area (Å²) in [5.41, 5.74) is 5.12. The van der Waals surface area contributed by atoms with Gasteiger partial charge in [-0.05, 0) is 108 Å². The average Bonchev–Trinajstić information content (AvgIpc) is 3.26. The fourth-order valence-corrected chi connectivity index (χ4v) is 14.2. The molecule has 0 bridgehead atoms. The lowest BCUT2D eigenvalue weighted by Crippen LogP contribution is -2.34. The molecule has 0 aromatic heterocycles. The van der Waals surface area contributed by atoms with Crippen molar-refractivity contribution < 1.29 is 4.74 Å². The number of fused-ring (bicyclic) bond motifs is 4. The molecule has 0 saturated heterocycles. The molecule has 8 aromatic rings. The molecule has 0 saturated carbocycles. The predicted octanol–water partition coefficient (Wildman–Crippen LogP) is 12.6. The number of rotatable bonds is 12. The zero-order chi connectivity index (χ0) is 39.6. The number of benzene rings is 8. The predicted molar refractivity (Wildman–Crippen MR) is 255 cm³/mol. The lowest BCUT2D eigenvalue weighted by atomic mass is 9.74. The maximum Gasteiger partial charge on any atom is 0.139 e. The van der Waals surface area contributed by atoms with E-state index in [0.717, 1.165) is 50.0 Å². The summed E-state index contributed by atoms with van der Waals surface area (Å²) in [7, 11) is -1.98. The van der Waals surface area contributed by atoms with Crippen LogP contribution in [0, 0.1) is 0 Å². The molecular weight excluding hydrogens is 739 g/mol. The molecule has 0 amide bonds. The van der Waals surface area contributed by atoms with Crippen LogP contribution in [0.2, 0.25) is 0 Å². The largest absolute Gasteiger partial charge is 0.455 e. The van der Waals surface area contributed by atoms with Crippen LogP contribution < -0.4 is 36.6 Å². The molecule has 0 spiro atoms. The van der Waals surface area contributed by atoms with Crippen LogP contribution in [0.4, 0.5) is 0 Å². The highest BCUT2D eigenvalue weighted by atomic mass is 31.1. The van der Waals surface area contributed by atoms with Gasteiger partial charge in [0, 0.05) is 27.2 Å². The third-order valence-corrected chi connectivity index (χ3v) is 17.0. The van der Waals surface area contributed by atoms with Crippen molar-refractivity contribution in [1.29, 1.82) is 0 Å². The Kier molecular flexibility index (Phi) is 11.0. The van der Waals surface area contributed by atoms with Gasteiger partial charge in [-0.15, -0.1) is 0 Å². The van der Waals surface area contributed by atoms with Crippen LogP contribution in [0.25, 0.3) is 21.5 Å². The molecule has 1 heterocycles. The molecule has 0 N–H and O–H groups in total. The van der Waals surface area contributed by atoms with Gasteiger partial charge in [0.15, 0.2) is 0 Å².